The van der Waals surface area contributed by atoms with E-state index in [0.29, 0.717) is 24.6 Å². The summed E-state index contributed by atoms with van der Waals surface area (Å²) in [6.07, 6.45) is 0.0260. The van der Waals surface area contributed by atoms with Gasteiger partial charge < -0.3 is 14.8 Å². The van der Waals surface area contributed by atoms with E-state index in [1.807, 2.05) is 64.2 Å². The summed E-state index contributed by atoms with van der Waals surface area (Å²) in [5.41, 5.74) is 2.87. The first-order valence-electron chi connectivity index (χ1n) is 8.45. The Bertz CT molecular complexity index is 716. The van der Waals surface area contributed by atoms with E-state index in [-0.39, 0.29) is 5.91 Å². The van der Waals surface area contributed by atoms with E-state index >= 15 is 0 Å². The van der Waals surface area contributed by atoms with Crippen LogP contribution in [0.2, 0.25) is 0 Å². The second kappa shape index (κ2) is 9.08. The van der Waals surface area contributed by atoms with Crippen molar-refractivity contribution in [2.24, 2.45) is 0 Å². The smallest absolute Gasteiger partial charge is 0.265 e. The molecule has 0 aliphatic carbocycles. The highest BCUT2D eigenvalue weighted by Gasteiger charge is 2.19. The molecule has 1 unspecified atom stereocenters. The Morgan fingerprint density at radius 3 is 2.64 bits per heavy atom. The minimum Gasteiger partial charge on any atom is -0.480 e. The molecular weight excluding hydrogens is 316 g/mol. The summed E-state index contributed by atoms with van der Waals surface area (Å²) in [5.74, 6) is 1.25. The van der Waals surface area contributed by atoms with Crippen LogP contribution < -0.4 is 20.1 Å². The molecule has 1 atom stereocenters. The van der Waals surface area contributed by atoms with Crippen molar-refractivity contribution >= 4 is 11.6 Å². The summed E-state index contributed by atoms with van der Waals surface area (Å²) in [7, 11) is 1.81. The number of hydrogen-bond donors (Lipinski definition) is 2. The average Bonchev–Trinajstić information content (AvgIpc) is 2.59. The molecule has 1 amide bonds. The van der Waals surface area contributed by atoms with Crippen molar-refractivity contribution in [3.8, 4) is 11.5 Å². The molecule has 2 rings (SSSR count). The molecule has 5 heteroatoms. The summed E-state index contributed by atoms with van der Waals surface area (Å²) in [6.45, 7) is 6.35. The van der Waals surface area contributed by atoms with Crippen molar-refractivity contribution in [2.45, 2.75) is 33.3 Å². The van der Waals surface area contributed by atoms with Crippen LogP contribution >= 0.6 is 0 Å². The van der Waals surface area contributed by atoms with E-state index in [1.54, 1.807) is 6.07 Å². The standard InChI is InChI=1S/C20H26N2O3/c1-5-18(25-19-10-9-14(2)11-15(19)3)20(23)22-16-7-6-8-17(12-16)24-13-21-4/h6-12,18,21H,5,13H2,1-4H3,(H,22,23). The lowest BCUT2D eigenvalue weighted by Crippen LogP contribution is -2.32. The summed E-state index contributed by atoms with van der Waals surface area (Å²) in [5, 5.41) is 5.81. The maximum Gasteiger partial charge on any atom is 0.265 e. The van der Waals surface area contributed by atoms with Crippen LogP contribution in [0.15, 0.2) is 42.5 Å². The van der Waals surface area contributed by atoms with Gasteiger partial charge in [0.05, 0.1) is 0 Å². The lowest BCUT2D eigenvalue weighted by atomic mass is 10.1. The molecule has 0 saturated heterocycles. The van der Waals surface area contributed by atoms with Gasteiger partial charge in [-0.05, 0) is 51.1 Å². The van der Waals surface area contributed by atoms with E-state index in [2.05, 4.69) is 10.6 Å². The quantitative estimate of drug-likeness (QED) is 0.719. The van der Waals surface area contributed by atoms with E-state index in [0.717, 1.165) is 11.3 Å². The van der Waals surface area contributed by atoms with Gasteiger partial charge in [-0.25, -0.2) is 0 Å². The molecule has 0 heterocycles. The van der Waals surface area contributed by atoms with Gasteiger partial charge in [0, 0.05) is 11.8 Å². The topological polar surface area (TPSA) is 59.6 Å². The second-order valence-electron chi connectivity index (χ2n) is 5.94. The minimum absolute atomic E-state index is 0.173. The van der Waals surface area contributed by atoms with Crippen LogP contribution in [0.3, 0.4) is 0 Å². The summed E-state index contributed by atoms with van der Waals surface area (Å²) in [4.78, 5) is 12.6. The molecule has 2 aromatic carbocycles. The largest absolute Gasteiger partial charge is 0.480 e. The predicted molar refractivity (Wildman–Crippen MR) is 100 cm³/mol. The highest BCUT2D eigenvalue weighted by Crippen LogP contribution is 2.22. The zero-order valence-electron chi connectivity index (χ0n) is 15.3. The normalized spacial score (nSPS) is 11.7. The van der Waals surface area contributed by atoms with Crippen molar-refractivity contribution in [3.63, 3.8) is 0 Å². The van der Waals surface area contributed by atoms with Crippen LogP contribution in [0.4, 0.5) is 5.69 Å². The highest BCUT2D eigenvalue weighted by atomic mass is 16.5. The SMILES string of the molecule is CCC(Oc1ccc(C)cc1C)C(=O)Nc1cccc(OCNC)c1. The third kappa shape index (κ3) is 5.50. The number of benzene rings is 2. The van der Waals surface area contributed by atoms with Crippen LogP contribution in [0, 0.1) is 13.8 Å². The number of carbonyl (C=O) groups excluding carboxylic acids is 1. The number of hydrogen-bond acceptors (Lipinski definition) is 4. The number of nitrogens with one attached hydrogen (secondary N) is 2. The fraction of sp³-hybridized carbons (Fsp3) is 0.350. The second-order valence-corrected chi connectivity index (χ2v) is 5.94. The van der Waals surface area contributed by atoms with Crippen LogP contribution in [0.25, 0.3) is 0 Å². The maximum atomic E-state index is 12.6. The zero-order chi connectivity index (χ0) is 18.2. The van der Waals surface area contributed by atoms with Crippen LogP contribution in [0.1, 0.15) is 24.5 Å². The number of ether oxygens (including phenoxy) is 2. The number of anilines is 1. The summed E-state index contributed by atoms with van der Waals surface area (Å²) >= 11 is 0. The molecule has 2 aromatic rings. The predicted octanol–water partition coefficient (Wildman–Crippen LogP) is 3.66. The number of rotatable bonds is 8. The van der Waals surface area contributed by atoms with Gasteiger partial charge in [-0.1, -0.05) is 30.7 Å². The molecule has 25 heavy (non-hydrogen) atoms. The number of carbonyl (C=O) groups is 1. The van der Waals surface area contributed by atoms with E-state index < -0.39 is 6.10 Å². The van der Waals surface area contributed by atoms with Crippen molar-refractivity contribution in [1.29, 1.82) is 0 Å². The van der Waals surface area contributed by atoms with Crippen LogP contribution in [-0.2, 0) is 4.79 Å². The molecule has 0 aliphatic rings. The lowest BCUT2D eigenvalue weighted by molar-refractivity contribution is -0.122. The molecule has 5 nitrogen and oxygen atoms in total. The number of aryl methyl sites for hydroxylation is 2. The van der Waals surface area contributed by atoms with Gasteiger partial charge in [0.1, 0.15) is 18.2 Å². The Labute approximate surface area is 149 Å². The Morgan fingerprint density at radius 2 is 1.96 bits per heavy atom. The molecular formula is C20H26N2O3. The maximum absolute atomic E-state index is 12.6. The Hall–Kier alpha value is -2.53. The van der Waals surface area contributed by atoms with Crippen molar-refractivity contribution in [2.75, 3.05) is 19.1 Å². The monoisotopic (exact) mass is 342 g/mol. The van der Waals surface area contributed by atoms with Crippen LogP contribution in [-0.4, -0.2) is 25.8 Å². The Kier molecular flexibility index (Phi) is 6.83. The molecule has 134 valence electrons. The molecule has 0 fully saturated rings. The molecule has 0 saturated carbocycles. The first-order valence-corrected chi connectivity index (χ1v) is 8.45. The molecule has 0 spiro atoms. The zero-order valence-corrected chi connectivity index (χ0v) is 15.3. The summed E-state index contributed by atoms with van der Waals surface area (Å²) < 4.78 is 11.4. The van der Waals surface area contributed by atoms with Gasteiger partial charge in [-0.3, -0.25) is 10.1 Å². The van der Waals surface area contributed by atoms with Gasteiger partial charge in [0.15, 0.2) is 6.10 Å². The van der Waals surface area contributed by atoms with Gasteiger partial charge in [0.2, 0.25) is 0 Å². The molecule has 0 bridgehead atoms. The lowest BCUT2D eigenvalue weighted by Gasteiger charge is -2.19. The van der Waals surface area contributed by atoms with Gasteiger partial charge in [0.25, 0.3) is 5.91 Å². The van der Waals surface area contributed by atoms with Crippen molar-refractivity contribution in [1.82, 2.24) is 5.32 Å². The molecule has 2 N–H and O–H groups in total. The van der Waals surface area contributed by atoms with E-state index in [4.69, 9.17) is 9.47 Å². The van der Waals surface area contributed by atoms with Gasteiger partial charge >= 0.3 is 0 Å². The molecule has 0 aromatic heterocycles. The van der Waals surface area contributed by atoms with Crippen molar-refractivity contribution in [3.05, 3.63) is 53.6 Å². The number of amides is 1. The molecule has 0 aliphatic heterocycles. The molecule has 0 radical (unpaired) electrons. The highest BCUT2D eigenvalue weighted by molar-refractivity contribution is 5.94. The Balaban J connectivity index is 2.04. The third-order valence-electron chi connectivity index (χ3n) is 3.75. The summed E-state index contributed by atoms with van der Waals surface area (Å²) in [6, 6.07) is 13.2. The van der Waals surface area contributed by atoms with E-state index in [1.165, 1.54) is 5.56 Å². The Morgan fingerprint density at radius 1 is 1.16 bits per heavy atom. The third-order valence-corrected chi connectivity index (χ3v) is 3.75. The average molecular weight is 342 g/mol. The first kappa shape index (κ1) is 18.8. The minimum atomic E-state index is -0.553. The first-order chi connectivity index (χ1) is 12.0. The fourth-order valence-corrected chi connectivity index (χ4v) is 2.45. The van der Waals surface area contributed by atoms with Crippen molar-refractivity contribution < 1.29 is 14.3 Å². The van der Waals surface area contributed by atoms with Gasteiger partial charge in [-0.15, -0.1) is 0 Å². The van der Waals surface area contributed by atoms with E-state index in [9.17, 15) is 4.79 Å². The van der Waals surface area contributed by atoms with Crippen LogP contribution in [0.5, 0.6) is 11.5 Å². The fourth-order valence-electron chi connectivity index (χ4n) is 2.45. The van der Waals surface area contributed by atoms with Gasteiger partial charge in [-0.2, -0.15) is 0 Å².